The molecule has 2 aromatic rings. The maximum absolute atomic E-state index is 12.7. The highest BCUT2D eigenvalue weighted by Crippen LogP contribution is 2.17. The van der Waals surface area contributed by atoms with Crippen molar-refractivity contribution in [3.8, 4) is 5.75 Å². The second-order valence-electron chi connectivity index (χ2n) is 6.06. The van der Waals surface area contributed by atoms with E-state index < -0.39 is 16.1 Å². The van der Waals surface area contributed by atoms with Crippen LogP contribution in [0.4, 0.5) is 0 Å². The Kier molecular flexibility index (Phi) is 7.82. The van der Waals surface area contributed by atoms with Crippen molar-refractivity contribution in [1.29, 1.82) is 0 Å². The second-order valence-corrected chi connectivity index (χ2v) is 7.77. The average molecular weight is 391 g/mol. The highest BCUT2D eigenvalue weighted by atomic mass is 32.2. The smallest absolute Gasteiger partial charge is 0.241 e. The first-order valence-electron chi connectivity index (χ1n) is 9.03. The molecular weight excluding hydrogens is 364 g/mol. The van der Waals surface area contributed by atoms with Crippen molar-refractivity contribution in [2.75, 3.05) is 13.2 Å². The minimum atomic E-state index is -3.85. The fraction of sp³-hybridized carbons (Fsp3) is 0.350. The number of carbonyl (C=O) groups excluding carboxylic acids is 1. The Labute approximate surface area is 161 Å². The molecule has 0 heterocycles. The molecule has 0 bridgehead atoms. The van der Waals surface area contributed by atoms with Crippen molar-refractivity contribution in [3.63, 3.8) is 0 Å². The van der Waals surface area contributed by atoms with Gasteiger partial charge in [-0.15, -0.1) is 0 Å². The molecule has 2 aromatic carbocycles. The molecule has 0 aliphatic heterocycles. The number of hydrogen-bond donors (Lipinski definition) is 2. The average Bonchev–Trinajstić information content (AvgIpc) is 2.67. The summed E-state index contributed by atoms with van der Waals surface area (Å²) in [7, 11) is -3.85. The molecule has 6 nitrogen and oxygen atoms in total. The lowest BCUT2D eigenvalue weighted by Crippen LogP contribution is -2.48. The van der Waals surface area contributed by atoms with E-state index in [0.29, 0.717) is 18.9 Å². The molecule has 0 fully saturated rings. The molecule has 2 rings (SSSR count). The molecule has 1 atom stereocenters. The van der Waals surface area contributed by atoms with E-state index in [2.05, 4.69) is 10.0 Å². The van der Waals surface area contributed by atoms with Crippen LogP contribution < -0.4 is 14.8 Å². The van der Waals surface area contributed by atoms with Crippen LogP contribution in [-0.2, 0) is 21.2 Å². The van der Waals surface area contributed by atoms with E-state index in [-0.39, 0.29) is 17.2 Å². The van der Waals surface area contributed by atoms with Gasteiger partial charge < -0.3 is 10.1 Å². The predicted octanol–water partition coefficient (Wildman–Crippen LogP) is 2.50. The first kappa shape index (κ1) is 20.9. The Morgan fingerprint density at radius 3 is 2.30 bits per heavy atom. The minimum absolute atomic E-state index is 0.0901. The molecule has 0 aromatic heterocycles. The summed E-state index contributed by atoms with van der Waals surface area (Å²) < 4.78 is 33.4. The Hall–Kier alpha value is -2.38. The van der Waals surface area contributed by atoms with Gasteiger partial charge in [0.2, 0.25) is 15.9 Å². The van der Waals surface area contributed by atoms with Crippen LogP contribution in [-0.4, -0.2) is 33.5 Å². The van der Waals surface area contributed by atoms with Gasteiger partial charge in [0.05, 0.1) is 11.5 Å². The Morgan fingerprint density at radius 1 is 1.04 bits per heavy atom. The molecule has 0 unspecified atom stereocenters. The van der Waals surface area contributed by atoms with Gasteiger partial charge in [-0.2, -0.15) is 4.72 Å². The summed E-state index contributed by atoms with van der Waals surface area (Å²) in [5, 5.41) is 2.77. The van der Waals surface area contributed by atoms with Crippen molar-refractivity contribution in [2.45, 2.75) is 37.6 Å². The van der Waals surface area contributed by atoms with Crippen LogP contribution >= 0.6 is 0 Å². The Morgan fingerprint density at radius 2 is 1.70 bits per heavy atom. The minimum Gasteiger partial charge on any atom is -0.494 e. The van der Waals surface area contributed by atoms with Crippen molar-refractivity contribution in [1.82, 2.24) is 10.0 Å². The van der Waals surface area contributed by atoms with Crippen LogP contribution in [0.5, 0.6) is 5.75 Å². The number of benzene rings is 2. The third-order valence-electron chi connectivity index (χ3n) is 3.89. The van der Waals surface area contributed by atoms with E-state index in [9.17, 15) is 13.2 Å². The van der Waals surface area contributed by atoms with Gasteiger partial charge in [-0.1, -0.05) is 37.3 Å². The summed E-state index contributed by atoms with van der Waals surface area (Å²) in [6.07, 6.45) is 1.04. The summed E-state index contributed by atoms with van der Waals surface area (Å²) in [6.45, 7) is 4.79. The van der Waals surface area contributed by atoms with Gasteiger partial charge in [0.1, 0.15) is 11.8 Å². The van der Waals surface area contributed by atoms with Crippen LogP contribution in [0.15, 0.2) is 59.5 Å². The summed E-state index contributed by atoms with van der Waals surface area (Å²) >= 11 is 0. The fourth-order valence-electron chi connectivity index (χ4n) is 2.55. The predicted molar refractivity (Wildman–Crippen MR) is 105 cm³/mol. The maximum atomic E-state index is 12.7. The number of nitrogens with one attached hydrogen (secondary N) is 2. The summed E-state index contributed by atoms with van der Waals surface area (Å²) in [5.74, 6) is 0.258. The molecule has 0 radical (unpaired) electrons. The number of carbonyl (C=O) groups is 1. The Bertz CT molecular complexity index is 821. The quantitative estimate of drug-likeness (QED) is 0.653. The molecule has 0 aliphatic carbocycles. The number of rotatable bonds is 10. The SMILES string of the molecule is CCCNC(=O)[C@@H](Cc1ccccc1)NS(=O)(=O)c1ccc(OCC)cc1. The van der Waals surface area contributed by atoms with E-state index in [0.717, 1.165) is 12.0 Å². The highest BCUT2D eigenvalue weighted by Gasteiger charge is 2.25. The van der Waals surface area contributed by atoms with Crippen LogP contribution in [0, 0.1) is 0 Å². The van der Waals surface area contributed by atoms with Gasteiger partial charge in [-0.3, -0.25) is 4.79 Å². The molecule has 0 saturated carbocycles. The normalized spacial score (nSPS) is 12.4. The fourth-order valence-corrected chi connectivity index (χ4v) is 3.74. The third-order valence-corrected chi connectivity index (χ3v) is 5.38. The molecule has 0 spiro atoms. The number of ether oxygens (including phenoxy) is 1. The Balaban J connectivity index is 2.19. The third kappa shape index (κ3) is 6.37. The van der Waals surface area contributed by atoms with Crippen molar-refractivity contribution < 1.29 is 17.9 Å². The lowest BCUT2D eigenvalue weighted by molar-refractivity contribution is -0.122. The van der Waals surface area contributed by atoms with Crippen molar-refractivity contribution in [3.05, 3.63) is 60.2 Å². The van der Waals surface area contributed by atoms with Gasteiger partial charge in [0, 0.05) is 6.54 Å². The molecule has 27 heavy (non-hydrogen) atoms. The van der Waals surface area contributed by atoms with E-state index in [4.69, 9.17) is 4.74 Å². The zero-order chi connectivity index (χ0) is 19.7. The number of hydrogen-bond acceptors (Lipinski definition) is 4. The van der Waals surface area contributed by atoms with Crippen LogP contribution in [0.3, 0.4) is 0 Å². The number of sulfonamides is 1. The molecule has 7 heteroatoms. The zero-order valence-corrected chi connectivity index (χ0v) is 16.5. The van der Waals surface area contributed by atoms with Crippen LogP contribution in [0.25, 0.3) is 0 Å². The zero-order valence-electron chi connectivity index (χ0n) is 15.6. The number of amides is 1. The summed E-state index contributed by atoms with van der Waals surface area (Å²) in [4.78, 5) is 12.6. The lowest BCUT2D eigenvalue weighted by Gasteiger charge is -2.19. The van der Waals surface area contributed by atoms with Gasteiger partial charge in [0.15, 0.2) is 0 Å². The van der Waals surface area contributed by atoms with E-state index >= 15 is 0 Å². The van der Waals surface area contributed by atoms with Crippen LogP contribution in [0.2, 0.25) is 0 Å². The van der Waals surface area contributed by atoms with Crippen molar-refractivity contribution >= 4 is 15.9 Å². The van der Waals surface area contributed by atoms with Gasteiger partial charge in [0.25, 0.3) is 0 Å². The molecule has 146 valence electrons. The summed E-state index contributed by atoms with van der Waals surface area (Å²) in [6, 6.07) is 14.6. The molecule has 2 N–H and O–H groups in total. The molecular formula is C20H26N2O4S. The molecule has 0 aliphatic rings. The van der Waals surface area contributed by atoms with Gasteiger partial charge in [-0.05, 0) is 49.6 Å². The highest BCUT2D eigenvalue weighted by molar-refractivity contribution is 7.89. The van der Waals surface area contributed by atoms with Crippen molar-refractivity contribution in [2.24, 2.45) is 0 Å². The van der Waals surface area contributed by atoms with Gasteiger partial charge >= 0.3 is 0 Å². The van der Waals surface area contributed by atoms with E-state index in [1.165, 1.54) is 12.1 Å². The lowest BCUT2D eigenvalue weighted by atomic mass is 10.1. The topological polar surface area (TPSA) is 84.5 Å². The second kappa shape index (κ2) is 10.1. The van der Waals surface area contributed by atoms with Crippen LogP contribution in [0.1, 0.15) is 25.8 Å². The standard InChI is InChI=1S/C20H26N2O4S/c1-3-14-21-20(23)19(15-16-8-6-5-7-9-16)22-27(24,25)18-12-10-17(11-13-18)26-4-2/h5-13,19,22H,3-4,14-15H2,1-2H3,(H,21,23)/t19-/m1/s1. The first-order valence-corrected chi connectivity index (χ1v) is 10.5. The van der Waals surface area contributed by atoms with E-state index in [1.807, 2.05) is 44.2 Å². The maximum Gasteiger partial charge on any atom is 0.241 e. The summed E-state index contributed by atoms with van der Waals surface area (Å²) in [5.41, 5.74) is 0.878. The molecule has 1 amide bonds. The first-order chi connectivity index (χ1) is 13.0. The largest absolute Gasteiger partial charge is 0.494 e. The van der Waals surface area contributed by atoms with E-state index in [1.54, 1.807) is 12.1 Å². The molecule has 0 saturated heterocycles. The monoisotopic (exact) mass is 390 g/mol. The van der Waals surface area contributed by atoms with Gasteiger partial charge in [-0.25, -0.2) is 8.42 Å².